The normalized spacial score (nSPS) is 22.3. The maximum atomic E-state index is 13.3. The van der Waals surface area contributed by atoms with Crippen LogP contribution in [-0.2, 0) is 11.0 Å². The summed E-state index contributed by atoms with van der Waals surface area (Å²) in [6, 6.07) is 6.00. The van der Waals surface area contributed by atoms with Crippen LogP contribution in [0, 0.1) is 11.8 Å². The Kier molecular flexibility index (Phi) is 5.21. The van der Waals surface area contributed by atoms with Crippen LogP contribution < -0.4 is 0 Å². The van der Waals surface area contributed by atoms with Gasteiger partial charge >= 0.3 is 12.1 Å². The Hall–Kier alpha value is -2.11. The summed E-state index contributed by atoms with van der Waals surface area (Å²) in [5.41, 5.74) is 0.182. The average Bonchev–Trinajstić information content (AvgIpc) is 2.61. The zero-order valence-corrected chi connectivity index (χ0v) is 14.6. The minimum atomic E-state index is -4.43. The van der Waals surface area contributed by atoms with E-state index in [1.54, 1.807) is 6.07 Å². The van der Waals surface area contributed by atoms with Gasteiger partial charge in [0, 0.05) is 11.6 Å². The first-order chi connectivity index (χ1) is 12.3. The van der Waals surface area contributed by atoms with Gasteiger partial charge in [-0.3, -0.25) is 9.78 Å². The Morgan fingerprint density at radius 1 is 1.23 bits per heavy atom. The Bertz CT molecular complexity index is 795. The zero-order valence-electron chi connectivity index (χ0n) is 14.6. The van der Waals surface area contributed by atoms with Crippen LogP contribution in [0.25, 0.3) is 10.9 Å². The van der Waals surface area contributed by atoms with Crippen LogP contribution in [-0.4, -0.2) is 16.1 Å². The van der Waals surface area contributed by atoms with E-state index in [2.05, 4.69) is 4.98 Å². The minimum Gasteiger partial charge on any atom is -0.481 e. The predicted molar refractivity (Wildman–Crippen MR) is 92.9 cm³/mol. The number of alkyl halides is 3. The van der Waals surface area contributed by atoms with Gasteiger partial charge in [0.05, 0.1) is 17.0 Å². The van der Waals surface area contributed by atoms with E-state index in [1.165, 1.54) is 12.3 Å². The Morgan fingerprint density at radius 3 is 2.50 bits per heavy atom. The number of fused-ring (bicyclic) bond motifs is 1. The Balaban J connectivity index is 1.88. The zero-order chi connectivity index (χ0) is 18.9. The molecule has 1 N–H and O–H groups in total. The lowest BCUT2D eigenvalue weighted by atomic mass is 9.72. The summed E-state index contributed by atoms with van der Waals surface area (Å²) in [6.07, 6.45) is 0.797. The van der Waals surface area contributed by atoms with Gasteiger partial charge in [0.25, 0.3) is 0 Å². The van der Waals surface area contributed by atoms with Crippen LogP contribution in [0.3, 0.4) is 0 Å². The number of para-hydroxylation sites is 1. The molecular formula is C20H22F3NO2. The molecule has 6 heteroatoms. The first-order valence-electron chi connectivity index (χ1n) is 9.00. The van der Waals surface area contributed by atoms with Crippen molar-refractivity contribution in [1.82, 2.24) is 4.98 Å². The van der Waals surface area contributed by atoms with E-state index in [1.807, 2.05) is 13.0 Å². The fourth-order valence-corrected chi connectivity index (χ4v) is 4.32. The molecule has 26 heavy (non-hydrogen) atoms. The van der Waals surface area contributed by atoms with E-state index in [0.717, 1.165) is 37.3 Å². The first-order valence-corrected chi connectivity index (χ1v) is 9.00. The van der Waals surface area contributed by atoms with Crippen LogP contribution in [0.15, 0.2) is 30.5 Å². The molecule has 1 aliphatic carbocycles. The molecule has 2 aromatic rings. The van der Waals surface area contributed by atoms with E-state index in [4.69, 9.17) is 0 Å². The molecule has 0 amide bonds. The molecule has 1 aromatic heterocycles. The molecule has 1 fully saturated rings. The van der Waals surface area contributed by atoms with Crippen molar-refractivity contribution in [1.29, 1.82) is 0 Å². The maximum Gasteiger partial charge on any atom is 0.418 e. The van der Waals surface area contributed by atoms with Crippen molar-refractivity contribution < 1.29 is 23.1 Å². The molecule has 1 aliphatic rings. The summed E-state index contributed by atoms with van der Waals surface area (Å²) >= 11 is 0. The number of hydrogen-bond donors (Lipinski definition) is 1. The van der Waals surface area contributed by atoms with Gasteiger partial charge in [-0.1, -0.05) is 19.1 Å². The van der Waals surface area contributed by atoms with Crippen LogP contribution in [0.2, 0.25) is 0 Å². The summed E-state index contributed by atoms with van der Waals surface area (Å²) in [6.45, 7) is 1.89. The molecule has 0 spiro atoms. The van der Waals surface area contributed by atoms with Gasteiger partial charge in [-0.05, 0) is 61.6 Å². The second-order valence-corrected chi connectivity index (χ2v) is 7.06. The monoisotopic (exact) mass is 365 g/mol. The van der Waals surface area contributed by atoms with E-state index in [0.29, 0.717) is 11.8 Å². The number of benzene rings is 1. The van der Waals surface area contributed by atoms with Crippen molar-refractivity contribution in [2.24, 2.45) is 11.8 Å². The summed E-state index contributed by atoms with van der Waals surface area (Å²) < 4.78 is 39.8. The molecule has 1 atom stereocenters. The lowest BCUT2D eigenvalue weighted by molar-refractivity contribution is -0.144. The highest BCUT2D eigenvalue weighted by molar-refractivity contribution is 5.85. The van der Waals surface area contributed by atoms with Crippen molar-refractivity contribution in [2.75, 3.05) is 0 Å². The number of halogens is 3. The molecule has 1 saturated carbocycles. The first kappa shape index (κ1) is 18.7. The number of carboxylic acids is 1. The molecule has 0 radical (unpaired) electrons. The Morgan fingerprint density at radius 2 is 1.92 bits per heavy atom. The lowest BCUT2D eigenvalue weighted by Crippen LogP contribution is -2.26. The largest absolute Gasteiger partial charge is 0.481 e. The van der Waals surface area contributed by atoms with Gasteiger partial charge in [-0.15, -0.1) is 0 Å². The highest BCUT2D eigenvalue weighted by atomic mass is 19.4. The summed E-state index contributed by atoms with van der Waals surface area (Å²) in [5.74, 6) is -0.791. The summed E-state index contributed by atoms with van der Waals surface area (Å²) in [5, 5.41) is 9.89. The molecule has 140 valence electrons. The fourth-order valence-electron chi connectivity index (χ4n) is 4.32. The van der Waals surface area contributed by atoms with Gasteiger partial charge in [0.1, 0.15) is 0 Å². The molecule has 1 unspecified atom stereocenters. The second kappa shape index (κ2) is 7.25. The number of pyridine rings is 1. The van der Waals surface area contributed by atoms with Gasteiger partial charge in [0.15, 0.2) is 0 Å². The van der Waals surface area contributed by atoms with E-state index in [-0.39, 0.29) is 23.3 Å². The van der Waals surface area contributed by atoms with Gasteiger partial charge < -0.3 is 5.11 Å². The quantitative estimate of drug-likeness (QED) is 0.763. The molecular weight excluding hydrogens is 343 g/mol. The summed E-state index contributed by atoms with van der Waals surface area (Å²) in [7, 11) is 0. The topological polar surface area (TPSA) is 50.2 Å². The third kappa shape index (κ3) is 3.55. The lowest BCUT2D eigenvalue weighted by Gasteiger charge is -2.32. The smallest absolute Gasteiger partial charge is 0.418 e. The fraction of sp³-hybridized carbons (Fsp3) is 0.500. The number of carboxylic acid groups (broad SMARTS) is 1. The van der Waals surface area contributed by atoms with Crippen LogP contribution >= 0.6 is 0 Å². The number of aliphatic carboxylic acids is 1. The highest BCUT2D eigenvalue weighted by Gasteiger charge is 2.35. The maximum absolute atomic E-state index is 13.3. The SMILES string of the molecule is CCC(C(=O)O)C1CCC(c2ccnc3c(C(F)(F)F)cccc23)CC1. The number of aromatic nitrogens is 1. The van der Waals surface area contributed by atoms with E-state index >= 15 is 0 Å². The number of rotatable bonds is 4. The molecule has 1 heterocycles. The third-order valence-corrected chi connectivity index (χ3v) is 5.65. The van der Waals surface area contributed by atoms with Gasteiger partial charge in [-0.2, -0.15) is 13.2 Å². The number of nitrogens with zero attached hydrogens (tertiary/aromatic N) is 1. The molecule has 0 aliphatic heterocycles. The second-order valence-electron chi connectivity index (χ2n) is 7.06. The van der Waals surface area contributed by atoms with Gasteiger partial charge in [0.2, 0.25) is 0 Å². The van der Waals surface area contributed by atoms with Crippen molar-refractivity contribution in [2.45, 2.75) is 51.1 Å². The number of hydrogen-bond acceptors (Lipinski definition) is 2. The number of carbonyl (C=O) groups is 1. The molecule has 0 bridgehead atoms. The highest BCUT2D eigenvalue weighted by Crippen LogP contribution is 2.42. The van der Waals surface area contributed by atoms with Crippen molar-refractivity contribution in [3.8, 4) is 0 Å². The third-order valence-electron chi connectivity index (χ3n) is 5.65. The standard InChI is InChI=1S/C20H22F3NO2/c1-2-14(19(25)26)12-6-8-13(9-7-12)15-10-11-24-18-16(15)4-3-5-17(18)20(21,22)23/h3-5,10-14H,2,6-9H2,1H3,(H,25,26). The molecule has 1 aromatic carbocycles. The van der Waals surface area contributed by atoms with Crippen LogP contribution in [0.4, 0.5) is 13.2 Å². The van der Waals surface area contributed by atoms with E-state index in [9.17, 15) is 23.1 Å². The molecule has 3 nitrogen and oxygen atoms in total. The molecule has 0 saturated heterocycles. The van der Waals surface area contributed by atoms with Crippen LogP contribution in [0.1, 0.15) is 56.1 Å². The van der Waals surface area contributed by atoms with E-state index < -0.39 is 17.7 Å². The van der Waals surface area contributed by atoms with Crippen molar-refractivity contribution in [3.05, 3.63) is 41.6 Å². The average molecular weight is 365 g/mol. The molecule has 3 rings (SSSR count). The predicted octanol–water partition coefficient (Wildman–Crippen LogP) is 5.64. The Labute approximate surface area is 150 Å². The van der Waals surface area contributed by atoms with Gasteiger partial charge in [-0.25, -0.2) is 0 Å². The summed E-state index contributed by atoms with van der Waals surface area (Å²) in [4.78, 5) is 15.4. The van der Waals surface area contributed by atoms with Crippen LogP contribution in [0.5, 0.6) is 0 Å². The minimum absolute atomic E-state index is 0.00315. The van der Waals surface area contributed by atoms with Crippen molar-refractivity contribution in [3.63, 3.8) is 0 Å². The van der Waals surface area contributed by atoms with Crippen molar-refractivity contribution >= 4 is 16.9 Å².